The summed E-state index contributed by atoms with van der Waals surface area (Å²) in [5, 5.41) is 0. The normalized spacial score (nSPS) is 19.7. The van der Waals surface area contributed by atoms with Crippen molar-refractivity contribution >= 4 is 24.2 Å². The second-order valence-corrected chi connectivity index (χ2v) is 5.29. The molecule has 1 aliphatic rings. The minimum Gasteiger partial charge on any atom is -0.491 e. The van der Waals surface area contributed by atoms with Gasteiger partial charge in [-0.05, 0) is 37.7 Å². The first-order chi connectivity index (χ1) is 8.60. The Morgan fingerprint density at radius 2 is 2.28 bits per heavy atom. The number of thiol groups is 1. The summed E-state index contributed by atoms with van der Waals surface area (Å²) >= 11 is 4.27. The highest BCUT2D eigenvalue weighted by Gasteiger charge is 2.29. The monoisotopic (exact) mass is 265 g/mol. The van der Waals surface area contributed by atoms with Crippen molar-refractivity contribution in [2.75, 3.05) is 17.2 Å². The molecule has 0 saturated carbocycles. The van der Waals surface area contributed by atoms with Gasteiger partial charge in [-0.2, -0.15) is 12.6 Å². The van der Waals surface area contributed by atoms with Gasteiger partial charge in [0.15, 0.2) is 0 Å². The fraction of sp³-hybridized carbons (Fsp3) is 0.500. The standard InChI is InChI=1S/C14H19NO2S/c1-10(2)17-13-5-3-4-12(7-13)15-8-11(9-18)6-14(15)16/h3-5,7,10-11,18H,6,8-9H2,1-2H3. The molecule has 0 N–H and O–H groups in total. The van der Waals surface area contributed by atoms with E-state index in [1.807, 2.05) is 43.0 Å². The molecule has 1 fully saturated rings. The molecule has 0 aromatic heterocycles. The molecule has 0 radical (unpaired) electrons. The van der Waals surface area contributed by atoms with Gasteiger partial charge in [0.1, 0.15) is 5.75 Å². The Morgan fingerprint density at radius 1 is 1.50 bits per heavy atom. The van der Waals surface area contributed by atoms with Crippen LogP contribution in [0, 0.1) is 5.92 Å². The van der Waals surface area contributed by atoms with Crippen LogP contribution in [-0.2, 0) is 4.79 Å². The Morgan fingerprint density at radius 3 is 2.89 bits per heavy atom. The number of nitrogens with zero attached hydrogens (tertiary/aromatic N) is 1. The molecule has 0 spiro atoms. The van der Waals surface area contributed by atoms with Gasteiger partial charge in [0.2, 0.25) is 5.91 Å². The number of hydrogen-bond donors (Lipinski definition) is 1. The molecule has 3 nitrogen and oxygen atoms in total. The number of benzene rings is 1. The predicted molar refractivity (Wildman–Crippen MR) is 76.5 cm³/mol. The molecule has 1 aliphatic heterocycles. The fourth-order valence-corrected chi connectivity index (χ4v) is 2.39. The van der Waals surface area contributed by atoms with Gasteiger partial charge >= 0.3 is 0 Å². The van der Waals surface area contributed by atoms with Crippen LogP contribution in [0.25, 0.3) is 0 Å². The quantitative estimate of drug-likeness (QED) is 0.848. The Labute approximate surface area is 114 Å². The van der Waals surface area contributed by atoms with Crippen LogP contribution < -0.4 is 9.64 Å². The van der Waals surface area contributed by atoms with Gasteiger partial charge < -0.3 is 9.64 Å². The van der Waals surface area contributed by atoms with E-state index >= 15 is 0 Å². The number of carbonyl (C=O) groups is 1. The predicted octanol–water partition coefficient (Wildman–Crippen LogP) is 2.76. The van der Waals surface area contributed by atoms with Gasteiger partial charge in [-0.1, -0.05) is 6.07 Å². The Hall–Kier alpha value is -1.16. The number of carbonyl (C=O) groups excluding carboxylic acids is 1. The van der Waals surface area contributed by atoms with Crippen molar-refractivity contribution in [2.45, 2.75) is 26.4 Å². The number of hydrogen-bond acceptors (Lipinski definition) is 3. The zero-order valence-corrected chi connectivity index (χ0v) is 11.7. The molecule has 1 atom stereocenters. The Bertz CT molecular complexity index is 434. The molecule has 1 unspecified atom stereocenters. The smallest absolute Gasteiger partial charge is 0.227 e. The van der Waals surface area contributed by atoms with E-state index in [0.717, 1.165) is 23.7 Å². The maximum Gasteiger partial charge on any atom is 0.227 e. The first kappa shape index (κ1) is 13.3. The van der Waals surface area contributed by atoms with Crippen LogP contribution in [0.2, 0.25) is 0 Å². The maximum absolute atomic E-state index is 11.9. The van der Waals surface area contributed by atoms with E-state index in [-0.39, 0.29) is 12.0 Å². The van der Waals surface area contributed by atoms with E-state index in [1.165, 1.54) is 0 Å². The van der Waals surface area contributed by atoms with E-state index < -0.39 is 0 Å². The zero-order valence-electron chi connectivity index (χ0n) is 10.8. The number of ether oxygens (including phenoxy) is 1. The second-order valence-electron chi connectivity index (χ2n) is 4.92. The average Bonchev–Trinajstić information content (AvgIpc) is 2.70. The van der Waals surface area contributed by atoms with E-state index in [2.05, 4.69) is 12.6 Å². The van der Waals surface area contributed by atoms with Gasteiger partial charge in [-0.3, -0.25) is 4.79 Å². The molecular weight excluding hydrogens is 246 g/mol. The minimum atomic E-state index is 0.139. The summed E-state index contributed by atoms with van der Waals surface area (Å²) in [6, 6.07) is 7.72. The molecule has 1 aromatic rings. The Balaban J connectivity index is 2.16. The summed E-state index contributed by atoms with van der Waals surface area (Å²) in [4.78, 5) is 13.8. The molecule has 0 aliphatic carbocycles. The summed E-state index contributed by atoms with van der Waals surface area (Å²) in [5.41, 5.74) is 0.919. The van der Waals surface area contributed by atoms with Crippen molar-refractivity contribution in [3.05, 3.63) is 24.3 Å². The number of amides is 1. The SMILES string of the molecule is CC(C)Oc1cccc(N2CC(CS)CC2=O)c1. The topological polar surface area (TPSA) is 29.5 Å². The lowest BCUT2D eigenvalue weighted by Gasteiger charge is -2.18. The first-order valence-electron chi connectivity index (χ1n) is 6.28. The summed E-state index contributed by atoms with van der Waals surface area (Å²) < 4.78 is 5.65. The summed E-state index contributed by atoms with van der Waals surface area (Å²) in [7, 11) is 0. The third-order valence-corrected chi connectivity index (χ3v) is 3.48. The first-order valence-corrected chi connectivity index (χ1v) is 6.91. The highest BCUT2D eigenvalue weighted by Crippen LogP contribution is 2.28. The molecule has 4 heteroatoms. The van der Waals surface area contributed by atoms with Crippen molar-refractivity contribution in [2.24, 2.45) is 5.92 Å². The van der Waals surface area contributed by atoms with Crippen LogP contribution >= 0.6 is 12.6 Å². The lowest BCUT2D eigenvalue weighted by atomic mass is 10.1. The van der Waals surface area contributed by atoms with Crippen LogP contribution in [0.15, 0.2) is 24.3 Å². The van der Waals surface area contributed by atoms with Crippen LogP contribution in [0.3, 0.4) is 0 Å². The number of rotatable bonds is 4. The Kier molecular flexibility index (Phi) is 4.17. The van der Waals surface area contributed by atoms with E-state index in [1.54, 1.807) is 0 Å². The van der Waals surface area contributed by atoms with Crippen molar-refractivity contribution < 1.29 is 9.53 Å². The van der Waals surface area contributed by atoms with Crippen molar-refractivity contribution in [1.82, 2.24) is 0 Å². The molecule has 1 saturated heterocycles. The van der Waals surface area contributed by atoms with E-state index in [0.29, 0.717) is 12.3 Å². The lowest BCUT2D eigenvalue weighted by Crippen LogP contribution is -2.24. The third kappa shape index (κ3) is 2.99. The second kappa shape index (κ2) is 5.65. The molecule has 1 amide bonds. The highest BCUT2D eigenvalue weighted by atomic mass is 32.1. The fourth-order valence-electron chi connectivity index (χ4n) is 2.15. The summed E-state index contributed by atoms with van der Waals surface area (Å²) in [5.74, 6) is 2.10. The van der Waals surface area contributed by atoms with Crippen LogP contribution in [0.5, 0.6) is 5.75 Å². The largest absolute Gasteiger partial charge is 0.491 e. The van der Waals surface area contributed by atoms with Crippen molar-refractivity contribution in [1.29, 1.82) is 0 Å². The van der Waals surface area contributed by atoms with Crippen molar-refractivity contribution in [3.63, 3.8) is 0 Å². The molecular formula is C14H19NO2S. The molecule has 2 rings (SSSR count). The van der Waals surface area contributed by atoms with Crippen LogP contribution in [-0.4, -0.2) is 24.3 Å². The zero-order chi connectivity index (χ0) is 13.1. The summed E-state index contributed by atoms with van der Waals surface area (Å²) in [6.45, 7) is 4.74. The van der Waals surface area contributed by atoms with Crippen molar-refractivity contribution in [3.8, 4) is 5.75 Å². The number of anilines is 1. The van der Waals surface area contributed by atoms with E-state index in [4.69, 9.17) is 4.74 Å². The van der Waals surface area contributed by atoms with Gasteiger partial charge in [0, 0.05) is 24.7 Å². The van der Waals surface area contributed by atoms with E-state index in [9.17, 15) is 4.79 Å². The molecule has 1 heterocycles. The van der Waals surface area contributed by atoms with Gasteiger partial charge in [0.25, 0.3) is 0 Å². The lowest BCUT2D eigenvalue weighted by molar-refractivity contribution is -0.117. The van der Waals surface area contributed by atoms with Crippen LogP contribution in [0.4, 0.5) is 5.69 Å². The van der Waals surface area contributed by atoms with Gasteiger partial charge in [-0.25, -0.2) is 0 Å². The molecule has 98 valence electrons. The highest BCUT2D eigenvalue weighted by molar-refractivity contribution is 7.80. The summed E-state index contributed by atoms with van der Waals surface area (Å²) in [6.07, 6.45) is 0.735. The van der Waals surface area contributed by atoms with Gasteiger partial charge in [0.05, 0.1) is 6.10 Å². The molecule has 18 heavy (non-hydrogen) atoms. The molecule has 0 bridgehead atoms. The third-order valence-electron chi connectivity index (χ3n) is 2.96. The minimum absolute atomic E-state index is 0.139. The van der Waals surface area contributed by atoms with Gasteiger partial charge in [-0.15, -0.1) is 0 Å². The van der Waals surface area contributed by atoms with Crippen LogP contribution in [0.1, 0.15) is 20.3 Å². The average molecular weight is 265 g/mol. The molecule has 1 aromatic carbocycles. The maximum atomic E-state index is 11.9.